The van der Waals surface area contributed by atoms with Crippen molar-refractivity contribution in [2.45, 2.75) is 30.3 Å². The molecule has 0 aromatic heterocycles. The molecule has 122 valence electrons. The molecule has 0 unspecified atom stereocenters. The standard InChI is InChI=1S/C16H17NO.2C2H5.Al.H/c1-17(2)16(18)15(13-9-5-3-6-10-13)14-11-7-4-8-12-14;2*1-2;;/h3-12,15H,1-2H3;2*1H2,2H3;;. The highest BCUT2D eigenvalue weighted by molar-refractivity contribution is 6.34. The first-order chi connectivity index (χ1) is 11.1. The average Bonchev–Trinajstić information content (AvgIpc) is 2.58. The predicted octanol–water partition coefficient (Wildman–Crippen LogP) is 4.21. The molecular formula is C20H28AlNO. The van der Waals surface area contributed by atoms with E-state index in [0.29, 0.717) is 15.2 Å². The van der Waals surface area contributed by atoms with Crippen LogP contribution in [0.1, 0.15) is 30.9 Å². The Bertz CT molecular complexity index is 513. The lowest BCUT2D eigenvalue weighted by Gasteiger charge is -2.21. The van der Waals surface area contributed by atoms with Gasteiger partial charge >= 0.3 is 0 Å². The third-order valence-corrected chi connectivity index (χ3v) is 5.07. The number of hydrogen-bond donors (Lipinski definition) is 0. The highest BCUT2D eigenvalue weighted by Crippen LogP contribution is 2.25. The van der Waals surface area contributed by atoms with E-state index < -0.39 is 0 Å². The lowest BCUT2D eigenvalue weighted by molar-refractivity contribution is -0.129. The maximum absolute atomic E-state index is 12.4. The number of carbonyl (C=O) groups is 1. The Morgan fingerprint density at radius 3 is 1.52 bits per heavy atom. The van der Waals surface area contributed by atoms with Crippen LogP contribution in [-0.2, 0) is 4.79 Å². The number of benzene rings is 2. The van der Waals surface area contributed by atoms with E-state index in [2.05, 4.69) is 13.8 Å². The van der Waals surface area contributed by atoms with Crippen molar-refractivity contribution in [3.63, 3.8) is 0 Å². The molecule has 2 nitrogen and oxygen atoms in total. The number of rotatable bonds is 5. The fourth-order valence-electron chi connectivity index (χ4n) is 2.38. The molecule has 1 amide bonds. The Kier molecular flexibility index (Phi) is 9.36. The summed E-state index contributed by atoms with van der Waals surface area (Å²) in [4.78, 5) is 14.0. The van der Waals surface area contributed by atoms with Gasteiger partial charge < -0.3 is 4.90 Å². The van der Waals surface area contributed by atoms with Gasteiger partial charge in [0.2, 0.25) is 21.1 Å². The van der Waals surface area contributed by atoms with Gasteiger partial charge in [-0.05, 0) is 11.1 Å². The largest absolute Gasteiger partial charge is 0.348 e. The number of nitrogens with zero attached hydrogens (tertiary/aromatic N) is 1. The normalized spacial score (nSPS) is 9.78. The maximum atomic E-state index is 12.4. The summed E-state index contributed by atoms with van der Waals surface area (Å²) >= 11 is 0.432. The van der Waals surface area contributed by atoms with E-state index in [1.165, 1.54) is 10.6 Å². The molecular weight excluding hydrogens is 297 g/mol. The second-order valence-electron chi connectivity index (χ2n) is 5.84. The Hall–Kier alpha value is -1.56. The zero-order valence-corrected chi connectivity index (χ0v) is 16.2. The van der Waals surface area contributed by atoms with E-state index in [-0.39, 0.29) is 11.8 Å². The number of likely N-dealkylation sites (N-methyl/N-ethyl adjacent to an activating group) is 1. The van der Waals surface area contributed by atoms with Crippen LogP contribution in [0.5, 0.6) is 0 Å². The zero-order valence-electron chi connectivity index (χ0n) is 14.8. The summed E-state index contributed by atoms with van der Waals surface area (Å²) in [6.07, 6.45) is 0. The van der Waals surface area contributed by atoms with Crippen LogP contribution in [-0.4, -0.2) is 40.1 Å². The summed E-state index contributed by atoms with van der Waals surface area (Å²) in [5.74, 6) is -0.116. The number of carbonyl (C=O) groups excluding carboxylic acids is 1. The summed E-state index contributed by atoms with van der Waals surface area (Å²) in [6, 6.07) is 19.8. The summed E-state index contributed by atoms with van der Waals surface area (Å²) in [5.41, 5.74) is 2.06. The fraction of sp³-hybridized carbons (Fsp3) is 0.350. The summed E-state index contributed by atoms with van der Waals surface area (Å²) in [7, 11) is 3.59. The Morgan fingerprint density at radius 1 is 0.870 bits per heavy atom. The smallest absolute Gasteiger partial charge is 0.236 e. The van der Waals surface area contributed by atoms with E-state index in [9.17, 15) is 4.79 Å². The van der Waals surface area contributed by atoms with Crippen LogP contribution in [0.2, 0.25) is 10.6 Å². The van der Waals surface area contributed by atoms with E-state index >= 15 is 0 Å². The van der Waals surface area contributed by atoms with E-state index in [0.717, 1.165) is 11.1 Å². The van der Waals surface area contributed by atoms with Crippen LogP contribution in [0, 0.1) is 0 Å². The topological polar surface area (TPSA) is 20.3 Å². The molecule has 0 radical (unpaired) electrons. The predicted molar refractivity (Wildman–Crippen MR) is 102 cm³/mol. The Labute approximate surface area is 147 Å². The first-order valence-electron chi connectivity index (χ1n) is 8.42. The Morgan fingerprint density at radius 2 is 1.26 bits per heavy atom. The first kappa shape index (κ1) is 19.5. The zero-order chi connectivity index (χ0) is 17.1. The third-order valence-electron chi connectivity index (χ3n) is 3.66. The molecule has 2 aromatic rings. The van der Waals surface area contributed by atoms with Crippen LogP contribution in [0.4, 0.5) is 0 Å². The molecule has 0 spiro atoms. The second-order valence-corrected chi connectivity index (χ2v) is 8.55. The van der Waals surface area contributed by atoms with Crippen molar-refractivity contribution in [1.29, 1.82) is 0 Å². The summed E-state index contributed by atoms with van der Waals surface area (Å²) in [5, 5.41) is 2.97. The molecule has 0 fully saturated rings. The third kappa shape index (κ3) is 6.61. The minimum absolute atomic E-state index is 0.104. The van der Waals surface area contributed by atoms with Gasteiger partial charge in [0.25, 0.3) is 0 Å². The lowest BCUT2D eigenvalue weighted by atomic mass is 9.90. The van der Waals surface area contributed by atoms with E-state index in [1.54, 1.807) is 19.0 Å². The van der Waals surface area contributed by atoms with Crippen molar-refractivity contribution in [3.8, 4) is 0 Å². The van der Waals surface area contributed by atoms with Gasteiger partial charge in [0, 0.05) is 14.1 Å². The van der Waals surface area contributed by atoms with Gasteiger partial charge in [0.15, 0.2) is 0 Å². The molecule has 2 rings (SSSR count). The van der Waals surface area contributed by atoms with Crippen LogP contribution < -0.4 is 0 Å². The molecule has 0 aliphatic carbocycles. The minimum Gasteiger partial charge on any atom is -0.348 e. The molecule has 0 aliphatic heterocycles. The van der Waals surface area contributed by atoms with Gasteiger partial charge in [-0.3, -0.25) is 4.79 Å². The average molecular weight is 325 g/mol. The summed E-state index contributed by atoms with van der Waals surface area (Å²) < 4.78 is 0. The molecule has 3 heteroatoms. The molecule has 2 aromatic carbocycles. The van der Waals surface area contributed by atoms with Crippen LogP contribution in [0.3, 0.4) is 0 Å². The van der Waals surface area contributed by atoms with Gasteiger partial charge in [-0.25, -0.2) is 0 Å². The highest BCUT2D eigenvalue weighted by atomic mass is 27.1. The first-order valence-corrected chi connectivity index (χ1v) is 10.4. The molecule has 0 heterocycles. The highest BCUT2D eigenvalue weighted by Gasteiger charge is 2.23. The van der Waals surface area contributed by atoms with Crippen molar-refractivity contribution < 1.29 is 4.79 Å². The van der Waals surface area contributed by atoms with Crippen molar-refractivity contribution >= 4 is 21.1 Å². The van der Waals surface area contributed by atoms with Gasteiger partial charge in [-0.2, -0.15) is 0 Å². The molecule has 0 bridgehead atoms. The molecule has 0 saturated heterocycles. The van der Waals surface area contributed by atoms with Gasteiger partial charge in [-0.15, -0.1) is 10.6 Å². The van der Waals surface area contributed by atoms with Crippen LogP contribution >= 0.6 is 0 Å². The monoisotopic (exact) mass is 325 g/mol. The van der Waals surface area contributed by atoms with Crippen LogP contribution in [0.15, 0.2) is 60.7 Å². The van der Waals surface area contributed by atoms with Gasteiger partial charge in [-0.1, -0.05) is 74.5 Å². The number of amides is 1. The summed E-state index contributed by atoms with van der Waals surface area (Å²) in [6.45, 7) is 4.55. The maximum Gasteiger partial charge on any atom is 0.236 e. The van der Waals surface area contributed by atoms with E-state index in [4.69, 9.17) is 0 Å². The number of hydrogen-bond acceptors (Lipinski definition) is 1. The quantitative estimate of drug-likeness (QED) is 0.754. The van der Waals surface area contributed by atoms with Gasteiger partial charge in [0.1, 0.15) is 0 Å². The SMILES string of the molecule is CN(C)C(=O)C(c1ccccc1)c1ccccc1.C[CH2][AlH][CH2]C. The van der Waals surface area contributed by atoms with Crippen molar-refractivity contribution in [2.75, 3.05) is 14.1 Å². The molecule has 0 aliphatic rings. The second kappa shape index (κ2) is 11.1. The molecule has 0 atom stereocenters. The molecule has 0 N–H and O–H groups in total. The Balaban J connectivity index is 0.000000463. The van der Waals surface area contributed by atoms with Crippen molar-refractivity contribution in [2.24, 2.45) is 0 Å². The lowest BCUT2D eigenvalue weighted by Crippen LogP contribution is -2.28. The molecule has 23 heavy (non-hydrogen) atoms. The van der Waals surface area contributed by atoms with Crippen molar-refractivity contribution in [1.82, 2.24) is 4.90 Å². The van der Waals surface area contributed by atoms with Crippen molar-refractivity contribution in [3.05, 3.63) is 71.8 Å². The van der Waals surface area contributed by atoms with Gasteiger partial charge in [0.05, 0.1) is 5.92 Å². The fourth-order valence-corrected chi connectivity index (χ4v) is 3.09. The van der Waals surface area contributed by atoms with E-state index in [1.807, 2.05) is 60.7 Å². The van der Waals surface area contributed by atoms with Crippen LogP contribution in [0.25, 0.3) is 0 Å². The molecule has 0 saturated carbocycles. The minimum atomic E-state index is -0.220.